The van der Waals surface area contributed by atoms with Crippen molar-refractivity contribution in [1.29, 1.82) is 0 Å². The lowest BCUT2D eigenvalue weighted by Gasteiger charge is -2.23. The first-order valence-corrected chi connectivity index (χ1v) is 14.1. The number of anilines is 4. The predicted octanol–water partition coefficient (Wildman–Crippen LogP) is 3.51. The number of hydrogen-bond acceptors (Lipinski definition) is 6. The zero-order chi connectivity index (χ0) is 26.4. The lowest BCUT2D eigenvalue weighted by molar-refractivity contribution is -0.130. The standard InChI is InChI=1S/C28H22N4O4S2/c1-29-21-9-5-3-7-19(21)27(23(29)33)25(35)31(15-37-27)17-11-13-18(14-12-17)32-16-38-28(26(32)36)20-8-4-6-10-22(20)30(2)24(28)34/h3-14H,15-16H2,1-2H3. The van der Waals surface area contributed by atoms with Gasteiger partial charge in [-0.2, -0.15) is 0 Å². The molecule has 2 spiro atoms. The van der Waals surface area contributed by atoms with Crippen LogP contribution in [0, 0.1) is 0 Å². The minimum absolute atomic E-state index is 0.232. The normalized spacial score (nSPS) is 25.9. The topological polar surface area (TPSA) is 81.2 Å². The first-order chi connectivity index (χ1) is 18.3. The number of carbonyl (C=O) groups excluding carboxylic acids is 4. The highest BCUT2D eigenvalue weighted by Crippen LogP contribution is 2.55. The van der Waals surface area contributed by atoms with Crippen LogP contribution in [-0.2, 0) is 28.7 Å². The van der Waals surface area contributed by atoms with Gasteiger partial charge in [-0.25, -0.2) is 0 Å². The third-order valence-electron chi connectivity index (χ3n) is 7.89. The molecular formula is C28H22N4O4S2. The Kier molecular flexibility index (Phi) is 4.84. The van der Waals surface area contributed by atoms with Crippen molar-refractivity contribution in [2.24, 2.45) is 0 Å². The third kappa shape index (κ3) is 2.69. The zero-order valence-electron chi connectivity index (χ0n) is 20.6. The molecule has 8 nitrogen and oxygen atoms in total. The van der Waals surface area contributed by atoms with E-state index in [1.54, 1.807) is 58.0 Å². The molecular weight excluding hydrogens is 520 g/mol. The Labute approximate surface area is 227 Å². The highest BCUT2D eigenvalue weighted by molar-refractivity contribution is 8.02. The van der Waals surface area contributed by atoms with Crippen LogP contribution in [0.5, 0.6) is 0 Å². The van der Waals surface area contributed by atoms with E-state index in [9.17, 15) is 19.2 Å². The number of para-hydroxylation sites is 2. The molecule has 3 aromatic carbocycles. The molecule has 4 heterocycles. The molecule has 10 heteroatoms. The number of benzene rings is 3. The highest BCUT2D eigenvalue weighted by Gasteiger charge is 2.62. The van der Waals surface area contributed by atoms with Crippen LogP contribution in [0.25, 0.3) is 0 Å². The first kappa shape index (κ1) is 23.4. The summed E-state index contributed by atoms with van der Waals surface area (Å²) in [4.78, 5) is 60.4. The molecule has 3 aromatic rings. The molecule has 4 aliphatic rings. The fraction of sp³-hybridized carbons (Fsp3) is 0.214. The quantitative estimate of drug-likeness (QED) is 0.461. The van der Waals surface area contributed by atoms with E-state index < -0.39 is 9.49 Å². The number of nitrogens with zero attached hydrogens (tertiary/aromatic N) is 4. The Morgan fingerprint density at radius 3 is 1.32 bits per heavy atom. The summed E-state index contributed by atoms with van der Waals surface area (Å²) in [6.45, 7) is 0. The van der Waals surface area contributed by atoms with Gasteiger partial charge in [0.2, 0.25) is 9.49 Å². The fourth-order valence-corrected chi connectivity index (χ4v) is 8.70. The first-order valence-electron chi connectivity index (χ1n) is 12.1. The lowest BCUT2D eigenvalue weighted by atomic mass is 9.97. The Bertz CT molecular complexity index is 1460. The van der Waals surface area contributed by atoms with E-state index in [2.05, 4.69) is 0 Å². The van der Waals surface area contributed by atoms with Crippen molar-refractivity contribution in [2.45, 2.75) is 9.49 Å². The number of thioether (sulfide) groups is 2. The van der Waals surface area contributed by atoms with E-state index in [0.717, 1.165) is 22.5 Å². The summed E-state index contributed by atoms with van der Waals surface area (Å²) in [5.74, 6) is -0.315. The summed E-state index contributed by atoms with van der Waals surface area (Å²) in [6.07, 6.45) is 0. The molecule has 4 amide bonds. The average molecular weight is 543 g/mol. The number of hydrogen-bond donors (Lipinski definition) is 0. The molecule has 0 bridgehead atoms. The largest absolute Gasteiger partial charge is 0.313 e. The molecule has 0 radical (unpaired) electrons. The van der Waals surface area contributed by atoms with Crippen LogP contribution in [-0.4, -0.2) is 49.5 Å². The van der Waals surface area contributed by atoms with Crippen LogP contribution in [0.4, 0.5) is 22.7 Å². The number of rotatable bonds is 2. The smallest absolute Gasteiger partial charge is 0.258 e. The molecule has 38 heavy (non-hydrogen) atoms. The van der Waals surface area contributed by atoms with Crippen LogP contribution >= 0.6 is 23.5 Å². The maximum absolute atomic E-state index is 13.7. The van der Waals surface area contributed by atoms with E-state index >= 15 is 0 Å². The van der Waals surface area contributed by atoms with Crippen molar-refractivity contribution in [3.63, 3.8) is 0 Å². The highest BCUT2D eigenvalue weighted by atomic mass is 32.2. The molecule has 2 saturated heterocycles. The summed E-state index contributed by atoms with van der Waals surface area (Å²) in [5, 5.41) is 0. The average Bonchev–Trinajstić information content (AvgIpc) is 3.61. The van der Waals surface area contributed by atoms with Crippen molar-refractivity contribution in [1.82, 2.24) is 0 Å². The van der Waals surface area contributed by atoms with Gasteiger partial charge in [-0.3, -0.25) is 19.2 Å². The van der Waals surface area contributed by atoms with Crippen LogP contribution in [0.15, 0.2) is 72.8 Å². The summed E-state index contributed by atoms with van der Waals surface area (Å²) in [7, 11) is 3.40. The van der Waals surface area contributed by atoms with Gasteiger partial charge in [-0.1, -0.05) is 36.4 Å². The van der Waals surface area contributed by atoms with E-state index in [1.165, 1.54) is 23.5 Å². The van der Waals surface area contributed by atoms with Gasteiger partial charge in [0, 0.05) is 48.0 Å². The van der Waals surface area contributed by atoms with Crippen LogP contribution in [0.2, 0.25) is 0 Å². The molecule has 2 fully saturated rings. The third-order valence-corrected chi connectivity index (χ3v) is 10.7. The fourth-order valence-electron chi connectivity index (χ4n) is 5.88. The molecule has 190 valence electrons. The van der Waals surface area contributed by atoms with Crippen molar-refractivity contribution in [3.05, 3.63) is 83.9 Å². The summed E-state index contributed by atoms with van der Waals surface area (Å²) >= 11 is 2.66. The van der Waals surface area contributed by atoms with Crippen LogP contribution in [0.1, 0.15) is 11.1 Å². The Hall–Kier alpha value is -3.76. The molecule has 0 saturated carbocycles. The van der Waals surface area contributed by atoms with Crippen LogP contribution in [0.3, 0.4) is 0 Å². The van der Waals surface area contributed by atoms with Gasteiger partial charge >= 0.3 is 0 Å². The molecule has 2 atom stereocenters. The van der Waals surface area contributed by atoms with Gasteiger partial charge in [-0.05, 0) is 36.4 Å². The maximum Gasteiger partial charge on any atom is 0.258 e. The van der Waals surface area contributed by atoms with Gasteiger partial charge in [-0.15, -0.1) is 23.5 Å². The minimum atomic E-state index is -1.28. The second kappa shape index (κ2) is 7.87. The van der Waals surface area contributed by atoms with E-state index in [1.807, 2.05) is 48.5 Å². The van der Waals surface area contributed by atoms with Crippen LogP contribution < -0.4 is 19.6 Å². The van der Waals surface area contributed by atoms with Crippen molar-refractivity contribution < 1.29 is 19.2 Å². The summed E-state index contributed by atoms with van der Waals surface area (Å²) < 4.78 is -2.56. The van der Waals surface area contributed by atoms with Crippen molar-refractivity contribution in [2.75, 3.05) is 45.4 Å². The number of fused-ring (bicyclic) bond motifs is 4. The van der Waals surface area contributed by atoms with Gasteiger partial charge < -0.3 is 19.6 Å². The number of carbonyl (C=O) groups is 4. The molecule has 0 N–H and O–H groups in total. The van der Waals surface area contributed by atoms with Gasteiger partial charge in [0.1, 0.15) is 0 Å². The van der Waals surface area contributed by atoms with E-state index in [-0.39, 0.29) is 23.6 Å². The Balaban J connectivity index is 1.17. The molecule has 0 aliphatic carbocycles. The van der Waals surface area contributed by atoms with E-state index in [0.29, 0.717) is 23.1 Å². The van der Waals surface area contributed by atoms with Crippen molar-refractivity contribution in [3.8, 4) is 0 Å². The second-order valence-corrected chi connectivity index (χ2v) is 12.0. The summed E-state index contributed by atoms with van der Waals surface area (Å²) in [5.41, 5.74) is 4.25. The van der Waals surface area contributed by atoms with Gasteiger partial charge in [0.25, 0.3) is 23.6 Å². The van der Waals surface area contributed by atoms with Gasteiger partial charge in [0.05, 0.1) is 11.8 Å². The number of amides is 4. The maximum atomic E-state index is 13.7. The van der Waals surface area contributed by atoms with Crippen molar-refractivity contribution >= 4 is 69.9 Å². The summed E-state index contributed by atoms with van der Waals surface area (Å²) in [6, 6.07) is 22.0. The molecule has 7 rings (SSSR count). The SMILES string of the molecule is CN1C(=O)C2(SCN(c3ccc(N4CSC5(C(=O)N(C)c6ccccc65)C4=O)cc3)C2=O)c2ccccc21. The molecule has 2 unspecified atom stereocenters. The Morgan fingerprint density at radius 1 is 0.553 bits per heavy atom. The molecule has 0 aromatic heterocycles. The minimum Gasteiger partial charge on any atom is -0.313 e. The number of likely N-dealkylation sites (N-methyl/N-ethyl adjacent to an activating group) is 2. The zero-order valence-corrected chi connectivity index (χ0v) is 22.2. The predicted molar refractivity (Wildman–Crippen MR) is 149 cm³/mol. The van der Waals surface area contributed by atoms with Gasteiger partial charge in [0.15, 0.2) is 0 Å². The van der Waals surface area contributed by atoms with E-state index in [4.69, 9.17) is 0 Å². The monoisotopic (exact) mass is 542 g/mol. The Morgan fingerprint density at radius 2 is 0.921 bits per heavy atom. The lowest BCUT2D eigenvalue weighted by Crippen LogP contribution is -2.44. The molecule has 4 aliphatic heterocycles. The second-order valence-electron chi connectivity index (χ2n) is 9.65.